The summed E-state index contributed by atoms with van der Waals surface area (Å²) in [4.78, 5) is 4.82. The van der Waals surface area contributed by atoms with Crippen LogP contribution in [0.5, 0.6) is 0 Å². The molecule has 0 saturated heterocycles. The van der Waals surface area contributed by atoms with Gasteiger partial charge in [0.2, 0.25) is 9.84 Å². The van der Waals surface area contributed by atoms with E-state index in [9.17, 15) is 8.42 Å². The SMILES string of the molecule is Cc1ccc2c(c1)C(CON)=CS2(=O)=O. The molecule has 4 nitrogen and oxygen atoms in total. The maximum atomic E-state index is 11.7. The highest BCUT2D eigenvalue weighted by Gasteiger charge is 2.26. The molecule has 0 spiro atoms. The Morgan fingerprint density at radius 3 is 2.80 bits per heavy atom. The van der Waals surface area contributed by atoms with Gasteiger partial charge in [0.05, 0.1) is 11.5 Å². The smallest absolute Gasteiger partial charge is 0.200 e. The van der Waals surface area contributed by atoms with Crippen LogP contribution in [0.15, 0.2) is 28.5 Å². The van der Waals surface area contributed by atoms with E-state index in [-0.39, 0.29) is 6.61 Å². The molecule has 0 atom stereocenters. The van der Waals surface area contributed by atoms with Crippen molar-refractivity contribution in [1.29, 1.82) is 0 Å². The number of nitrogens with two attached hydrogens (primary N) is 1. The van der Waals surface area contributed by atoms with Gasteiger partial charge in [0, 0.05) is 5.41 Å². The van der Waals surface area contributed by atoms with Crippen LogP contribution in [0.4, 0.5) is 0 Å². The molecule has 2 N–H and O–H groups in total. The van der Waals surface area contributed by atoms with Gasteiger partial charge >= 0.3 is 0 Å². The van der Waals surface area contributed by atoms with Crippen LogP contribution in [0.1, 0.15) is 11.1 Å². The molecule has 1 heterocycles. The normalized spacial score (nSPS) is 17.3. The Labute approximate surface area is 88.2 Å². The van der Waals surface area contributed by atoms with E-state index in [0.29, 0.717) is 16.0 Å². The number of fused-ring (bicyclic) bond motifs is 1. The monoisotopic (exact) mass is 225 g/mol. The minimum atomic E-state index is -3.29. The number of aryl methyl sites for hydroxylation is 1. The van der Waals surface area contributed by atoms with Crippen molar-refractivity contribution in [3.63, 3.8) is 0 Å². The van der Waals surface area contributed by atoms with Gasteiger partial charge < -0.3 is 0 Å². The molecule has 1 aliphatic rings. The Morgan fingerprint density at radius 1 is 1.40 bits per heavy atom. The summed E-state index contributed by atoms with van der Waals surface area (Å²) in [6.45, 7) is 2.02. The topological polar surface area (TPSA) is 69.4 Å². The summed E-state index contributed by atoms with van der Waals surface area (Å²) < 4.78 is 23.4. The second-order valence-corrected chi connectivity index (χ2v) is 5.26. The van der Waals surface area contributed by atoms with Gasteiger partial charge in [0.15, 0.2) is 0 Å². The average molecular weight is 225 g/mol. The van der Waals surface area contributed by atoms with Crippen LogP contribution in [0, 0.1) is 6.92 Å². The highest BCUT2D eigenvalue weighted by molar-refractivity contribution is 7.95. The van der Waals surface area contributed by atoms with Gasteiger partial charge in [-0.25, -0.2) is 14.3 Å². The van der Waals surface area contributed by atoms with E-state index in [2.05, 4.69) is 4.84 Å². The molecule has 0 radical (unpaired) electrons. The lowest BCUT2D eigenvalue weighted by Crippen LogP contribution is -2.02. The molecule has 0 bridgehead atoms. The summed E-state index contributed by atoms with van der Waals surface area (Å²) in [5.41, 5.74) is 2.31. The van der Waals surface area contributed by atoms with E-state index in [4.69, 9.17) is 5.90 Å². The highest BCUT2D eigenvalue weighted by atomic mass is 32.2. The first-order chi connectivity index (χ1) is 7.04. The van der Waals surface area contributed by atoms with Crippen molar-refractivity contribution in [3.8, 4) is 0 Å². The second-order valence-electron chi connectivity index (χ2n) is 3.50. The second kappa shape index (κ2) is 3.44. The molecule has 1 aromatic carbocycles. The largest absolute Gasteiger partial charge is 0.300 e. The first kappa shape index (κ1) is 10.4. The van der Waals surface area contributed by atoms with Gasteiger partial charge in [-0.1, -0.05) is 17.7 Å². The minimum absolute atomic E-state index is 0.107. The molecule has 2 rings (SSSR count). The average Bonchev–Trinajstić information content (AvgIpc) is 2.39. The zero-order valence-electron chi connectivity index (χ0n) is 8.23. The van der Waals surface area contributed by atoms with Crippen LogP contribution in [0.25, 0.3) is 5.57 Å². The van der Waals surface area contributed by atoms with Crippen molar-refractivity contribution in [2.45, 2.75) is 11.8 Å². The van der Waals surface area contributed by atoms with Crippen LogP contribution >= 0.6 is 0 Å². The number of sulfone groups is 1. The van der Waals surface area contributed by atoms with E-state index in [0.717, 1.165) is 5.56 Å². The molecule has 15 heavy (non-hydrogen) atoms. The third kappa shape index (κ3) is 1.69. The molecule has 0 saturated carbocycles. The predicted octanol–water partition coefficient (Wildman–Crippen LogP) is 1.01. The van der Waals surface area contributed by atoms with Gasteiger partial charge in [-0.05, 0) is 24.1 Å². The molecule has 0 amide bonds. The molecule has 5 heteroatoms. The Balaban J connectivity index is 2.63. The maximum absolute atomic E-state index is 11.7. The number of hydrogen-bond donors (Lipinski definition) is 1. The third-order valence-corrected chi connectivity index (χ3v) is 3.89. The highest BCUT2D eigenvalue weighted by Crippen LogP contribution is 2.33. The van der Waals surface area contributed by atoms with Crippen molar-refractivity contribution in [2.75, 3.05) is 6.61 Å². The van der Waals surface area contributed by atoms with E-state index in [1.165, 1.54) is 5.41 Å². The lowest BCUT2D eigenvalue weighted by Gasteiger charge is -2.03. The molecular formula is C10H11NO3S. The molecule has 1 aliphatic heterocycles. The Kier molecular flexibility index (Phi) is 2.38. The van der Waals surface area contributed by atoms with Crippen LogP contribution in [-0.2, 0) is 14.7 Å². The van der Waals surface area contributed by atoms with E-state index in [1.54, 1.807) is 12.1 Å². The van der Waals surface area contributed by atoms with Crippen molar-refractivity contribution in [3.05, 3.63) is 34.7 Å². The fourth-order valence-corrected chi connectivity index (χ4v) is 3.11. The van der Waals surface area contributed by atoms with Crippen molar-refractivity contribution < 1.29 is 13.3 Å². The molecule has 0 aromatic heterocycles. The van der Waals surface area contributed by atoms with Gasteiger partial charge in [0.25, 0.3) is 0 Å². The standard InChI is InChI=1S/C10H11NO3S/c1-7-2-3-10-9(4-7)8(5-14-11)6-15(10,12)13/h2-4,6H,5,11H2,1H3. The van der Waals surface area contributed by atoms with Crippen molar-refractivity contribution in [2.24, 2.45) is 5.90 Å². The van der Waals surface area contributed by atoms with Gasteiger partial charge in [-0.15, -0.1) is 0 Å². The van der Waals surface area contributed by atoms with Crippen molar-refractivity contribution in [1.82, 2.24) is 0 Å². The first-order valence-corrected chi connectivity index (χ1v) is 5.97. The zero-order valence-corrected chi connectivity index (χ0v) is 9.04. The van der Waals surface area contributed by atoms with Crippen LogP contribution in [0.2, 0.25) is 0 Å². The fourth-order valence-electron chi connectivity index (χ4n) is 1.66. The Hall–Kier alpha value is -1.17. The summed E-state index contributed by atoms with van der Waals surface area (Å²) in [6.07, 6.45) is 0. The molecular weight excluding hydrogens is 214 g/mol. The van der Waals surface area contributed by atoms with Gasteiger partial charge in [-0.3, -0.25) is 4.84 Å². The number of rotatable bonds is 2. The molecule has 1 aromatic rings. The van der Waals surface area contributed by atoms with Gasteiger partial charge in [0.1, 0.15) is 0 Å². The quantitative estimate of drug-likeness (QED) is 0.763. The predicted molar refractivity (Wildman–Crippen MR) is 56.5 cm³/mol. The lowest BCUT2D eigenvalue weighted by atomic mass is 10.1. The van der Waals surface area contributed by atoms with Gasteiger partial charge in [-0.2, -0.15) is 0 Å². The van der Waals surface area contributed by atoms with E-state index in [1.807, 2.05) is 13.0 Å². The number of hydrogen-bond acceptors (Lipinski definition) is 4. The van der Waals surface area contributed by atoms with Crippen molar-refractivity contribution >= 4 is 15.4 Å². The zero-order chi connectivity index (χ0) is 11.1. The Bertz CT molecular complexity index is 532. The summed E-state index contributed by atoms with van der Waals surface area (Å²) in [5.74, 6) is 4.96. The van der Waals surface area contributed by atoms with E-state index < -0.39 is 9.84 Å². The summed E-state index contributed by atoms with van der Waals surface area (Å²) >= 11 is 0. The number of benzene rings is 1. The Morgan fingerprint density at radius 2 is 2.13 bits per heavy atom. The minimum Gasteiger partial charge on any atom is -0.300 e. The fraction of sp³-hybridized carbons (Fsp3) is 0.200. The maximum Gasteiger partial charge on any atom is 0.200 e. The summed E-state index contributed by atoms with van der Waals surface area (Å²) in [7, 11) is -3.29. The van der Waals surface area contributed by atoms with Crippen LogP contribution in [0.3, 0.4) is 0 Å². The molecule has 0 unspecified atom stereocenters. The van der Waals surface area contributed by atoms with E-state index >= 15 is 0 Å². The summed E-state index contributed by atoms with van der Waals surface area (Å²) in [5, 5.41) is 1.21. The molecule has 80 valence electrons. The summed E-state index contributed by atoms with van der Waals surface area (Å²) in [6, 6.07) is 5.21. The van der Waals surface area contributed by atoms with Crippen LogP contribution < -0.4 is 5.90 Å². The first-order valence-electron chi connectivity index (χ1n) is 4.43. The van der Waals surface area contributed by atoms with Crippen LogP contribution in [-0.4, -0.2) is 15.0 Å². The molecule has 0 fully saturated rings. The lowest BCUT2D eigenvalue weighted by molar-refractivity contribution is 0.173. The third-order valence-electron chi connectivity index (χ3n) is 2.32. The molecule has 0 aliphatic carbocycles.